The molecule has 114 valence electrons. The number of aryl methyl sites for hydroxylation is 1. The molecule has 2 aliphatic rings. The topological polar surface area (TPSA) is 0 Å². The maximum absolute atomic E-state index is 3.88. The van der Waals surface area contributed by atoms with Crippen LogP contribution in [0.25, 0.3) is 0 Å². The van der Waals surface area contributed by atoms with E-state index >= 15 is 0 Å². The third kappa shape index (κ3) is 3.59. The normalized spacial score (nSPS) is 32.4. The van der Waals surface area contributed by atoms with Gasteiger partial charge in [-0.2, -0.15) is 0 Å². The monoisotopic (exact) mass is 282 g/mol. The Kier molecular flexibility index (Phi) is 4.83. The molecule has 0 aliphatic heterocycles. The van der Waals surface area contributed by atoms with E-state index < -0.39 is 0 Å². The van der Waals surface area contributed by atoms with Crippen molar-refractivity contribution in [2.24, 2.45) is 17.8 Å². The Hall–Kier alpha value is -1.04. The molecule has 1 aromatic carbocycles. The summed E-state index contributed by atoms with van der Waals surface area (Å²) in [6, 6.07) is 9.31. The van der Waals surface area contributed by atoms with E-state index in [1.807, 2.05) is 0 Å². The largest absolute Gasteiger partial charge is 0.103 e. The molecular weight excluding hydrogens is 252 g/mol. The van der Waals surface area contributed by atoms with Crippen molar-refractivity contribution in [3.63, 3.8) is 0 Å². The van der Waals surface area contributed by atoms with Crippen molar-refractivity contribution in [3.05, 3.63) is 48.0 Å². The van der Waals surface area contributed by atoms with Gasteiger partial charge in [0.15, 0.2) is 0 Å². The number of benzene rings is 1. The van der Waals surface area contributed by atoms with Crippen molar-refractivity contribution < 1.29 is 0 Å². The fourth-order valence-electron chi connectivity index (χ4n) is 4.74. The van der Waals surface area contributed by atoms with Gasteiger partial charge in [-0.05, 0) is 81.1 Å². The van der Waals surface area contributed by atoms with Gasteiger partial charge in [-0.1, -0.05) is 42.3 Å². The van der Waals surface area contributed by atoms with Gasteiger partial charge in [0.1, 0.15) is 0 Å². The van der Waals surface area contributed by atoms with Gasteiger partial charge >= 0.3 is 0 Å². The smallest absolute Gasteiger partial charge is 0.0159 e. The quantitative estimate of drug-likeness (QED) is 0.572. The third-order valence-corrected chi connectivity index (χ3v) is 6.05. The van der Waals surface area contributed by atoms with Crippen molar-refractivity contribution in [3.8, 4) is 0 Å². The summed E-state index contributed by atoms with van der Waals surface area (Å²) in [6.07, 6.45) is 13.5. The van der Waals surface area contributed by atoms with Crippen LogP contribution in [0.3, 0.4) is 0 Å². The molecule has 21 heavy (non-hydrogen) atoms. The molecule has 2 aliphatic carbocycles. The number of rotatable bonds is 4. The standard InChI is InChI=1S/C21H30/c1-3-4-5-17-8-11-21-15-20(13-12-19(21)14-17)18-9-6-16(2)7-10-18/h3,6-7,9-10,17,19-21H,1,4-5,8,11-15H2,2H3/t17-,19-,20?,21-/m1/s1. The molecule has 2 saturated carbocycles. The van der Waals surface area contributed by atoms with Crippen LogP contribution in [0.15, 0.2) is 36.9 Å². The van der Waals surface area contributed by atoms with Crippen LogP contribution in [-0.2, 0) is 0 Å². The van der Waals surface area contributed by atoms with Crippen LogP contribution in [0, 0.1) is 24.7 Å². The van der Waals surface area contributed by atoms with E-state index in [0.717, 1.165) is 23.7 Å². The second kappa shape index (κ2) is 6.81. The Bertz CT molecular complexity index is 455. The average molecular weight is 282 g/mol. The lowest BCUT2D eigenvalue weighted by Crippen LogP contribution is -2.30. The summed E-state index contributed by atoms with van der Waals surface area (Å²) in [6.45, 7) is 6.06. The fourth-order valence-corrected chi connectivity index (χ4v) is 4.74. The number of fused-ring (bicyclic) bond motifs is 1. The highest BCUT2D eigenvalue weighted by molar-refractivity contribution is 5.25. The molecule has 0 aromatic heterocycles. The molecule has 0 heteroatoms. The zero-order valence-corrected chi connectivity index (χ0v) is 13.6. The minimum Gasteiger partial charge on any atom is -0.103 e. The van der Waals surface area contributed by atoms with Crippen LogP contribution in [0.1, 0.15) is 68.4 Å². The highest BCUT2D eigenvalue weighted by Crippen LogP contribution is 2.48. The van der Waals surface area contributed by atoms with Crippen molar-refractivity contribution in [1.82, 2.24) is 0 Å². The molecule has 0 nitrogen and oxygen atoms in total. The van der Waals surface area contributed by atoms with Gasteiger partial charge < -0.3 is 0 Å². The highest BCUT2D eigenvalue weighted by atomic mass is 14.4. The predicted octanol–water partition coefficient (Wildman–Crippen LogP) is 6.26. The van der Waals surface area contributed by atoms with Crippen LogP contribution in [-0.4, -0.2) is 0 Å². The Morgan fingerprint density at radius 2 is 1.71 bits per heavy atom. The lowest BCUT2D eigenvalue weighted by atomic mass is 9.63. The summed E-state index contributed by atoms with van der Waals surface area (Å²) in [4.78, 5) is 0. The van der Waals surface area contributed by atoms with E-state index in [2.05, 4.69) is 43.8 Å². The fraction of sp³-hybridized carbons (Fsp3) is 0.619. The molecule has 1 aromatic rings. The van der Waals surface area contributed by atoms with Crippen LogP contribution < -0.4 is 0 Å². The van der Waals surface area contributed by atoms with E-state index in [1.165, 1.54) is 56.9 Å². The minimum absolute atomic E-state index is 0.830. The first-order chi connectivity index (χ1) is 10.3. The van der Waals surface area contributed by atoms with Crippen molar-refractivity contribution >= 4 is 0 Å². The first kappa shape index (κ1) is 14.9. The van der Waals surface area contributed by atoms with E-state index in [1.54, 1.807) is 5.56 Å². The number of allylic oxidation sites excluding steroid dienone is 1. The van der Waals surface area contributed by atoms with Crippen molar-refractivity contribution in [1.29, 1.82) is 0 Å². The summed E-state index contributed by atoms with van der Waals surface area (Å²) in [7, 11) is 0. The van der Waals surface area contributed by atoms with Gasteiger partial charge in [0.2, 0.25) is 0 Å². The SMILES string of the molecule is C=CCC[C@@H]1CC[C@@H]2CC(c3ccc(C)cc3)CC[C@@H]2C1. The zero-order chi connectivity index (χ0) is 14.7. The maximum atomic E-state index is 3.88. The average Bonchev–Trinajstić information content (AvgIpc) is 2.53. The van der Waals surface area contributed by atoms with Crippen LogP contribution in [0.2, 0.25) is 0 Å². The lowest BCUT2D eigenvalue weighted by molar-refractivity contribution is 0.115. The van der Waals surface area contributed by atoms with E-state index in [4.69, 9.17) is 0 Å². The summed E-state index contributed by atoms with van der Waals surface area (Å²) in [5.74, 6) is 3.84. The van der Waals surface area contributed by atoms with Crippen LogP contribution >= 0.6 is 0 Å². The number of hydrogen-bond donors (Lipinski definition) is 0. The predicted molar refractivity (Wildman–Crippen MR) is 91.5 cm³/mol. The second-order valence-corrected chi connectivity index (χ2v) is 7.49. The molecule has 0 bridgehead atoms. The van der Waals surface area contributed by atoms with E-state index in [-0.39, 0.29) is 0 Å². The van der Waals surface area contributed by atoms with Gasteiger partial charge in [-0.3, -0.25) is 0 Å². The zero-order valence-electron chi connectivity index (χ0n) is 13.6. The lowest BCUT2D eigenvalue weighted by Gasteiger charge is -2.42. The van der Waals surface area contributed by atoms with Crippen molar-refractivity contribution in [2.45, 2.75) is 64.2 Å². The Morgan fingerprint density at radius 3 is 2.48 bits per heavy atom. The molecule has 0 spiro atoms. The molecule has 0 heterocycles. The molecule has 4 atom stereocenters. The Morgan fingerprint density at radius 1 is 1.00 bits per heavy atom. The minimum atomic E-state index is 0.830. The van der Waals surface area contributed by atoms with Crippen LogP contribution in [0.5, 0.6) is 0 Å². The summed E-state index contributed by atoms with van der Waals surface area (Å²) < 4.78 is 0. The van der Waals surface area contributed by atoms with Crippen molar-refractivity contribution in [2.75, 3.05) is 0 Å². The van der Waals surface area contributed by atoms with Gasteiger partial charge in [0.25, 0.3) is 0 Å². The molecule has 2 fully saturated rings. The number of hydrogen-bond acceptors (Lipinski definition) is 0. The van der Waals surface area contributed by atoms with Gasteiger partial charge in [-0.15, -0.1) is 6.58 Å². The van der Waals surface area contributed by atoms with E-state index in [9.17, 15) is 0 Å². The Balaban J connectivity index is 1.57. The van der Waals surface area contributed by atoms with Gasteiger partial charge in [-0.25, -0.2) is 0 Å². The van der Waals surface area contributed by atoms with E-state index in [0.29, 0.717) is 0 Å². The molecule has 0 amide bonds. The summed E-state index contributed by atoms with van der Waals surface area (Å²) >= 11 is 0. The Labute approximate surface area is 130 Å². The first-order valence-electron chi connectivity index (χ1n) is 8.93. The summed E-state index contributed by atoms with van der Waals surface area (Å²) in [5.41, 5.74) is 2.97. The molecule has 0 saturated heterocycles. The summed E-state index contributed by atoms with van der Waals surface area (Å²) in [5, 5.41) is 0. The molecular formula is C21H30. The van der Waals surface area contributed by atoms with Gasteiger partial charge in [0, 0.05) is 0 Å². The second-order valence-electron chi connectivity index (χ2n) is 7.49. The maximum Gasteiger partial charge on any atom is -0.0159 e. The van der Waals surface area contributed by atoms with Crippen LogP contribution in [0.4, 0.5) is 0 Å². The highest BCUT2D eigenvalue weighted by Gasteiger charge is 2.35. The molecule has 1 unspecified atom stereocenters. The van der Waals surface area contributed by atoms with Gasteiger partial charge in [0.05, 0.1) is 0 Å². The first-order valence-corrected chi connectivity index (χ1v) is 8.93. The molecule has 0 radical (unpaired) electrons. The third-order valence-electron chi connectivity index (χ3n) is 6.05. The molecule has 3 rings (SSSR count). The molecule has 0 N–H and O–H groups in total.